The average molecular weight is 550 g/mol. The first kappa shape index (κ1) is 23.3. The molecule has 2 heterocycles. The van der Waals surface area contributed by atoms with Crippen molar-refractivity contribution in [3.8, 4) is 22.7 Å². The SMILES string of the molecule is COc1ccc(-c2nn(-c3cccc(Cl)c3)cc2C2CC(c3ccc(Br)cc3)=NN2C(C)=O)cc1. The molecule has 0 fully saturated rings. The molecule has 8 heteroatoms. The number of ether oxygens (including phenoxy) is 1. The van der Waals surface area contributed by atoms with Crippen molar-refractivity contribution >= 4 is 39.1 Å². The number of amides is 1. The number of hydrogen-bond donors (Lipinski definition) is 0. The standard InChI is InChI=1S/C27H22BrClN4O2/c1-17(34)33-26(15-25(30-33)18-6-10-20(28)11-7-18)24-16-32(22-5-3-4-21(29)14-22)31-27(24)19-8-12-23(35-2)13-9-19/h3-14,16,26H,15H2,1-2H3. The molecule has 1 atom stereocenters. The van der Waals surface area contributed by atoms with Crippen LogP contribution in [0.1, 0.15) is 30.5 Å². The first-order valence-corrected chi connectivity index (χ1v) is 12.2. The molecule has 35 heavy (non-hydrogen) atoms. The van der Waals surface area contributed by atoms with Crippen LogP contribution in [0.2, 0.25) is 5.02 Å². The summed E-state index contributed by atoms with van der Waals surface area (Å²) in [4.78, 5) is 12.7. The van der Waals surface area contributed by atoms with Crippen LogP contribution in [0.25, 0.3) is 16.9 Å². The second-order valence-electron chi connectivity index (χ2n) is 8.22. The number of carbonyl (C=O) groups is 1. The molecule has 1 amide bonds. The molecule has 176 valence electrons. The minimum atomic E-state index is -0.295. The molecule has 0 spiro atoms. The van der Waals surface area contributed by atoms with Crippen molar-refractivity contribution in [2.45, 2.75) is 19.4 Å². The Morgan fingerprint density at radius 3 is 2.43 bits per heavy atom. The summed E-state index contributed by atoms with van der Waals surface area (Å²) in [5.41, 5.74) is 5.27. The highest BCUT2D eigenvalue weighted by Crippen LogP contribution is 2.39. The van der Waals surface area contributed by atoms with Gasteiger partial charge in [0.1, 0.15) is 5.75 Å². The van der Waals surface area contributed by atoms with Crippen molar-refractivity contribution in [3.05, 3.63) is 99.6 Å². The fraction of sp³-hybridized carbons (Fsp3) is 0.148. The number of hydrogen-bond acceptors (Lipinski definition) is 4. The van der Waals surface area contributed by atoms with E-state index in [0.717, 1.165) is 44.0 Å². The normalized spacial score (nSPS) is 15.3. The maximum absolute atomic E-state index is 12.7. The summed E-state index contributed by atoms with van der Waals surface area (Å²) in [6.07, 6.45) is 2.54. The monoisotopic (exact) mass is 548 g/mol. The number of hydrazone groups is 1. The molecule has 6 nitrogen and oxygen atoms in total. The van der Waals surface area contributed by atoms with Gasteiger partial charge in [0.2, 0.25) is 5.91 Å². The van der Waals surface area contributed by atoms with Gasteiger partial charge in [-0.3, -0.25) is 4.79 Å². The van der Waals surface area contributed by atoms with Crippen LogP contribution in [-0.2, 0) is 4.79 Å². The van der Waals surface area contributed by atoms with E-state index in [2.05, 4.69) is 15.9 Å². The maximum atomic E-state index is 12.7. The molecule has 5 rings (SSSR count). The minimum Gasteiger partial charge on any atom is -0.497 e. The van der Waals surface area contributed by atoms with E-state index in [1.807, 2.05) is 79.0 Å². The van der Waals surface area contributed by atoms with Gasteiger partial charge >= 0.3 is 0 Å². The molecular formula is C27H22BrClN4O2. The number of methoxy groups -OCH3 is 1. The topological polar surface area (TPSA) is 59.7 Å². The number of carbonyl (C=O) groups excluding carboxylic acids is 1. The summed E-state index contributed by atoms with van der Waals surface area (Å²) < 4.78 is 8.12. The van der Waals surface area contributed by atoms with Gasteiger partial charge in [-0.2, -0.15) is 10.2 Å². The molecular weight excluding hydrogens is 528 g/mol. The van der Waals surface area contributed by atoms with Crippen LogP contribution in [0.3, 0.4) is 0 Å². The Hall–Kier alpha value is -3.42. The van der Waals surface area contributed by atoms with Gasteiger partial charge < -0.3 is 4.74 Å². The Morgan fingerprint density at radius 1 is 1.06 bits per heavy atom. The summed E-state index contributed by atoms with van der Waals surface area (Å²) in [6, 6.07) is 22.9. The first-order valence-electron chi connectivity index (χ1n) is 11.1. The third-order valence-corrected chi connectivity index (χ3v) is 6.71. The van der Waals surface area contributed by atoms with E-state index in [1.165, 1.54) is 6.92 Å². The van der Waals surface area contributed by atoms with E-state index in [-0.39, 0.29) is 11.9 Å². The van der Waals surface area contributed by atoms with Crippen molar-refractivity contribution < 1.29 is 9.53 Å². The Balaban J connectivity index is 1.61. The molecule has 1 aromatic heterocycles. The molecule has 0 saturated heterocycles. The van der Waals surface area contributed by atoms with Gasteiger partial charge in [0.05, 0.1) is 30.2 Å². The van der Waals surface area contributed by atoms with Gasteiger partial charge in [-0.15, -0.1) is 0 Å². The van der Waals surface area contributed by atoms with Gasteiger partial charge in [0.25, 0.3) is 0 Å². The fourth-order valence-electron chi connectivity index (χ4n) is 4.21. The zero-order valence-corrected chi connectivity index (χ0v) is 21.5. The van der Waals surface area contributed by atoms with E-state index in [4.69, 9.17) is 26.5 Å². The highest BCUT2D eigenvalue weighted by atomic mass is 79.9. The molecule has 0 N–H and O–H groups in total. The lowest BCUT2D eigenvalue weighted by Crippen LogP contribution is -2.24. The van der Waals surface area contributed by atoms with Gasteiger partial charge in [-0.05, 0) is 60.2 Å². The second-order valence-corrected chi connectivity index (χ2v) is 9.58. The van der Waals surface area contributed by atoms with Crippen molar-refractivity contribution in [3.63, 3.8) is 0 Å². The van der Waals surface area contributed by atoms with Gasteiger partial charge in [0.15, 0.2) is 0 Å². The number of rotatable bonds is 5. The van der Waals surface area contributed by atoms with Crippen molar-refractivity contribution in [1.29, 1.82) is 0 Å². The van der Waals surface area contributed by atoms with Gasteiger partial charge in [-0.25, -0.2) is 9.69 Å². The second kappa shape index (κ2) is 9.68. The molecule has 3 aromatic carbocycles. The van der Waals surface area contributed by atoms with Crippen LogP contribution in [0.4, 0.5) is 0 Å². The van der Waals surface area contributed by atoms with Gasteiger partial charge in [0, 0.05) is 40.2 Å². The van der Waals surface area contributed by atoms with Gasteiger partial charge in [-0.1, -0.05) is 45.7 Å². The largest absolute Gasteiger partial charge is 0.497 e. The van der Waals surface area contributed by atoms with Crippen molar-refractivity contribution in [2.24, 2.45) is 5.10 Å². The molecule has 0 radical (unpaired) electrons. The molecule has 0 bridgehead atoms. The Bertz CT molecular complexity index is 1410. The van der Waals surface area contributed by atoms with Crippen LogP contribution in [0, 0.1) is 0 Å². The van der Waals surface area contributed by atoms with Crippen molar-refractivity contribution in [1.82, 2.24) is 14.8 Å². The van der Waals surface area contributed by atoms with E-state index in [9.17, 15) is 4.79 Å². The summed E-state index contributed by atoms with van der Waals surface area (Å²) in [7, 11) is 1.64. The van der Waals surface area contributed by atoms with Crippen LogP contribution in [0.15, 0.2) is 88.6 Å². The average Bonchev–Trinajstić information content (AvgIpc) is 3.50. The maximum Gasteiger partial charge on any atom is 0.240 e. The van der Waals surface area contributed by atoms with E-state index in [1.54, 1.807) is 16.8 Å². The number of halogens is 2. The van der Waals surface area contributed by atoms with E-state index < -0.39 is 0 Å². The zero-order chi connectivity index (χ0) is 24.5. The molecule has 1 aliphatic heterocycles. The predicted molar refractivity (Wildman–Crippen MR) is 141 cm³/mol. The summed E-state index contributed by atoms with van der Waals surface area (Å²) >= 11 is 9.73. The van der Waals surface area contributed by atoms with Crippen LogP contribution in [-0.4, -0.2) is 33.5 Å². The Labute approximate surface area is 216 Å². The smallest absolute Gasteiger partial charge is 0.240 e. The fourth-order valence-corrected chi connectivity index (χ4v) is 4.66. The predicted octanol–water partition coefficient (Wildman–Crippen LogP) is 6.66. The molecule has 0 saturated carbocycles. The lowest BCUT2D eigenvalue weighted by Gasteiger charge is -2.20. The van der Waals surface area contributed by atoms with E-state index >= 15 is 0 Å². The summed E-state index contributed by atoms with van der Waals surface area (Å²) in [6.45, 7) is 1.54. The Kier molecular flexibility index (Phi) is 6.45. The first-order chi connectivity index (χ1) is 16.9. The molecule has 1 unspecified atom stereocenters. The molecule has 1 aliphatic rings. The number of benzene rings is 3. The lowest BCUT2D eigenvalue weighted by atomic mass is 9.96. The quantitative estimate of drug-likeness (QED) is 0.280. The summed E-state index contributed by atoms with van der Waals surface area (Å²) in [5, 5.41) is 11.8. The molecule has 0 aliphatic carbocycles. The molecule has 4 aromatic rings. The highest BCUT2D eigenvalue weighted by molar-refractivity contribution is 9.10. The minimum absolute atomic E-state index is 0.127. The number of aromatic nitrogens is 2. The van der Waals surface area contributed by atoms with Crippen LogP contribution in [0.5, 0.6) is 5.75 Å². The lowest BCUT2D eigenvalue weighted by molar-refractivity contribution is -0.130. The van der Waals surface area contributed by atoms with Crippen LogP contribution >= 0.6 is 27.5 Å². The highest BCUT2D eigenvalue weighted by Gasteiger charge is 2.34. The third-order valence-electron chi connectivity index (χ3n) is 5.95. The zero-order valence-electron chi connectivity index (χ0n) is 19.2. The van der Waals surface area contributed by atoms with Crippen molar-refractivity contribution in [2.75, 3.05) is 7.11 Å². The van der Waals surface area contributed by atoms with E-state index in [0.29, 0.717) is 11.4 Å². The Morgan fingerprint density at radius 2 is 1.77 bits per heavy atom. The summed E-state index contributed by atoms with van der Waals surface area (Å²) in [5.74, 6) is 0.634. The van der Waals surface area contributed by atoms with Crippen LogP contribution < -0.4 is 4.74 Å². The third kappa shape index (κ3) is 4.74. The number of nitrogens with zero attached hydrogens (tertiary/aromatic N) is 4.